The number of rotatable bonds is 4. The van der Waals surface area contributed by atoms with Gasteiger partial charge in [0.15, 0.2) is 0 Å². The van der Waals surface area contributed by atoms with Crippen LogP contribution in [0.25, 0.3) is 0 Å². The molecule has 0 saturated heterocycles. The Kier molecular flexibility index (Phi) is 4.01. The van der Waals surface area contributed by atoms with Crippen molar-refractivity contribution in [3.05, 3.63) is 76.9 Å². The number of halogens is 1. The van der Waals surface area contributed by atoms with Gasteiger partial charge in [-0.05, 0) is 33.6 Å². The van der Waals surface area contributed by atoms with Gasteiger partial charge < -0.3 is 9.88 Å². The summed E-state index contributed by atoms with van der Waals surface area (Å²) in [5.41, 5.74) is 1.15. The highest BCUT2D eigenvalue weighted by atomic mass is 79.9. The molecule has 21 heavy (non-hydrogen) atoms. The zero-order chi connectivity index (χ0) is 14.7. The second-order valence-electron chi connectivity index (χ2n) is 4.75. The average Bonchev–Trinajstić information content (AvgIpc) is 2.93. The monoisotopic (exact) mass is 342 g/mol. The third kappa shape index (κ3) is 3.13. The van der Waals surface area contributed by atoms with Crippen molar-refractivity contribution in [1.82, 2.24) is 14.5 Å². The molecule has 2 heterocycles. The molecule has 0 amide bonds. The van der Waals surface area contributed by atoms with Crippen molar-refractivity contribution in [2.24, 2.45) is 7.05 Å². The van der Waals surface area contributed by atoms with Gasteiger partial charge in [0.25, 0.3) is 0 Å². The van der Waals surface area contributed by atoms with Crippen LogP contribution in [0.3, 0.4) is 0 Å². The molecule has 0 bridgehead atoms. The minimum Gasteiger partial charge on any atom is -0.356 e. The van der Waals surface area contributed by atoms with Gasteiger partial charge in [-0.15, -0.1) is 0 Å². The van der Waals surface area contributed by atoms with Gasteiger partial charge in [0.05, 0.1) is 0 Å². The van der Waals surface area contributed by atoms with E-state index < -0.39 is 0 Å². The lowest BCUT2D eigenvalue weighted by Crippen LogP contribution is -2.17. The number of imidazole rings is 1. The van der Waals surface area contributed by atoms with Gasteiger partial charge in [-0.2, -0.15) is 0 Å². The van der Waals surface area contributed by atoms with Crippen LogP contribution in [0.15, 0.2) is 65.5 Å². The first kappa shape index (κ1) is 13.8. The largest absolute Gasteiger partial charge is 0.356 e. The summed E-state index contributed by atoms with van der Waals surface area (Å²) in [5.74, 6) is 1.76. The molecule has 0 radical (unpaired) electrons. The molecule has 0 aliphatic carbocycles. The average molecular weight is 343 g/mol. The Balaban J connectivity index is 1.97. The van der Waals surface area contributed by atoms with Crippen LogP contribution in [-0.4, -0.2) is 14.5 Å². The molecule has 1 atom stereocenters. The minimum atomic E-state index is -0.0418. The normalized spacial score (nSPS) is 12.1. The molecule has 0 fully saturated rings. The maximum absolute atomic E-state index is 4.47. The third-order valence-electron chi connectivity index (χ3n) is 3.27. The molecule has 0 unspecified atom stereocenters. The van der Waals surface area contributed by atoms with E-state index in [9.17, 15) is 0 Å². The highest BCUT2D eigenvalue weighted by Crippen LogP contribution is 2.24. The number of aromatic nitrogens is 3. The van der Waals surface area contributed by atoms with Gasteiger partial charge in [-0.1, -0.05) is 30.3 Å². The minimum absolute atomic E-state index is 0.0418. The van der Waals surface area contributed by atoms with Crippen LogP contribution in [-0.2, 0) is 7.05 Å². The molecular weight excluding hydrogens is 328 g/mol. The molecule has 3 aromatic rings. The molecule has 2 aromatic heterocycles. The molecule has 1 aromatic carbocycles. The van der Waals surface area contributed by atoms with Crippen molar-refractivity contribution in [1.29, 1.82) is 0 Å². The van der Waals surface area contributed by atoms with Crippen molar-refractivity contribution < 1.29 is 0 Å². The molecular formula is C16H15BrN4. The van der Waals surface area contributed by atoms with Crippen LogP contribution in [0.5, 0.6) is 0 Å². The van der Waals surface area contributed by atoms with E-state index in [0.29, 0.717) is 0 Å². The van der Waals surface area contributed by atoms with Gasteiger partial charge in [0.2, 0.25) is 0 Å². The lowest BCUT2D eigenvalue weighted by molar-refractivity contribution is 0.745. The highest BCUT2D eigenvalue weighted by Gasteiger charge is 2.18. The lowest BCUT2D eigenvalue weighted by atomic mass is 10.1. The van der Waals surface area contributed by atoms with Crippen molar-refractivity contribution in [2.75, 3.05) is 5.32 Å². The summed E-state index contributed by atoms with van der Waals surface area (Å²) in [6, 6.07) is 14.1. The summed E-state index contributed by atoms with van der Waals surface area (Å²) < 4.78 is 2.98. The molecule has 0 saturated carbocycles. The Hall–Kier alpha value is -2.14. The van der Waals surface area contributed by atoms with E-state index in [-0.39, 0.29) is 6.04 Å². The fourth-order valence-electron chi connectivity index (χ4n) is 2.21. The topological polar surface area (TPSA) is 42.7 Å². The Morgan fingerprint density at radius 2 is 1.90 bits per heavy atom. The molecule has 0 aliphatic heterocycles. The quantitative estimate of drug-likeness (QED) is 0.784. The van der Waals surface area contributed by atoms with Gasteiger partial charge in [0.1, 0.15) is 17.7 Å². The molecule has 0 spiro atoms. The summed E-state index contributed by atoms with van der Waals surface area (Å²) in [7, 11) is 2.00. The molecule has 0 aliphatic rings. The van der Waals surface area contributed by atoms with Crippen LogP contribution in [0.1, 0.15) is 17.4 Å². The van der Waals surface area contributed by atoms with E-state index >= 15 is 0 Å². The number of anilines is 1. The molecule has 3 rings (SSSR count). The molecule has 5 heteroatoms. The van der Waals surface area contributed by atoms with Crippen LogP contribution in [0.4, 0.5) is 5.82 Å². The smallest absolute Gasteiger partial charge is 0.135 e. The first-order chi connectivity index (χ1) is 10.2. The van der Waals surface area contributed by atoms with Gasteiger partial charge in [-0.25, -0.2) is 9.97 Å². The van der Waals surface area contributed by atoms with Crippen LogP contribution in [0.2, 0.25) is 0 Å². The van der Waals surface area contributed by atoms with E-state index in [1.165, 1.54) is 0 Å². The number of nitrogens with one attached hydrogen (secondary N) is 1. The SMILES string of the molecule is Cn1ccnc1[C@@H](Nc1ccc(Br)cn1)c1ccccc1. The number of pyridine rings is 1. The Morgan fingerprint density at radius 3 is 2.52 bits per heavy atom. The van der Waals surface area contributed by atoms with Crippen molar-refractivity contribution in [3.63, 3.8) is 0 Å². The Bertz CT molecular complexity index is 707. The summed E-state index contributed by atoms with van der Waals surface area (Å²) in [6.45, 7) is 0. The summed E-state index contributed by atoms with van der Waals surface area (Å²) >= 11 is 3.40. The number of hydrogen-bond acceptors (Lipinski definition) is 3. The van der Waals surface area contributed by atoms with Gasteiger partial charge in [0, 0.05) is 30.1 Å². The van der Waals surface area contributed by atoms with E-state index in [1.807, 2.05) is 54.3 Å². The lowest BCUT2D eigenvalue weighted by Gasteiger charge is -2.19. The van der Waals surface area contributed by atoms with E-state index in [1.54, 1.807) is 6.20 Å². The van der Waals surface area contributed by atoms with E-state index in [2.05, 4.69) is 43.3 Å². The maximum atomic E-state index is 4.47. The van der Waals surface area contributed by atoms with Crippen LogP contribution in [0, 0.1) is 0 Å². The molecule has 106 valence electrons. The van der Waals surface area contributed by atoms with Crippen molar-refractivity contribution in [3.8, 4) is 0 Å². The highest BCUT2D eigenvalue weighted by molar-refractivity contribution is 9.10. The summed E-state index contributed by atoms with van der Waals surface area (Å²) in [4.78, 5) is 8.86. The van der Waals surface area contributed by atoms with Crippen molar-refractivity contribution >= 4 is 21.7 Å². The van der Waals surface area contributed by atoms with Crippen LogP contribution < -0.4 is 5.32 Å². The van der Waals surface area contributed by atoms with Crippen molar-refractivity contribution in [2.45, 2.75) is 6.04 Å². The maximum Gasteiger partial charge on any atom is 0.135 e. The fourth-order valence-corrected chi connectivity index (χ4v) is 2.44. The molecule has 4 nitrogen and oxygen atoms in total. The Morgan fingerprint density at radius 1 is 1.10 bits per heavy atom. The summed E-state index contributed by atoms with van der Waals surface area (Å²) in [6.07, 6.45) is 5.53. The van der Waals surface area contributed by atoms with Gasteiger partial charge >= 0.3 is 0 Å². The predicted molar refractivity (Wildman–Crippen MR) is 87.1 cm³/mol. The van der Waals surface area contributed by atoms with E-state index in [0.717, 1.165) is 21.7 Å². The first-order valence-electron chi connectivity index (χ1n) is 6.64. The summed E-state index contributed by atoms with van der Waals surface area (Å²) in [5, 5.41) is 3.45. The van der Waals surface area contributed by atoms with E-state index in [4.69, 9.17) is 0 Å². The number of benzene rings is 1. The second kappa shape index (κ2) is 6.10. The predicted octanol–water partition coefficient (Wildman–Crippen LogP) is 3.78. The second-order valence-corrected chi connectivity index (χ2v) is 5.66. The number of aryl methyl sites for hydroxylation is 1. The standard InChI is InChI=1S/C16H15BrN4/c1-21-10-9-18-16(21)15(12-5-3-2-4-6-12)20-14-8-7-13(17)11-19-14/h2-11,15H,1H3,(H,19,20)/t15-/m0/s1. The zero-order valence-corrected chi connectivity index (χ0v) is 13.2. The molecule has 1 N–H and O–H groups in total. The zero-order valence-electron chi connectivity index (χ0n) is 11.6. The Labute approximate surface area is 132 Å². The number of hydrogen-bond donors (Lipinski definition) is 1. The first-order valence-corrected chi connectivity index (χ1v) is 7.43. The van der Waals surface area contributed by atoms with Gasteiger partial charge in [-0.3, -0.25) is 0 Å². The number of nitrogens with zero attached hydrogens (tertiary/aromatic N) is 3. The third-order valence-corrected chi connectivity index (χ3v) is 3.74. The van der Waals surface area contributed by atoms with Crippen LogP contribution >= 0.6 is 15.9 Å². The fraction of sp³-hybridized carbons (Fsp3) is 0.125.